The predicted molar refractivity (Wildman–Crippen MR) is 122 cm³/mol. The molecule has 1 saturated heterocycles. The van der Waals surface area contributed by atoms with Crippen LogP contribution in [0.5, 0.6) is 0 Å². The van der Waals surface area contributed by atoms with E-state index >= 15 is 0 Å². The third-order valence-electron chi connectivity index (χ3n) is 5.94. The van der Waals surface area contributed by atoms with Crippen molar-refractivity contribution in [2.75, 3.05) is 19.6 Å². The number of aromatic nitrogens is 2. The number of hydrogen-bond acceptors (Lipinski definition) is 4. The number of rotatable bonds is 7. The normalized spacial score (nSPS) is 18.4. The number of nitrogens with one attached hydrogen (secondary N) is 1. The molecule has 1 N–H and O–H groups in total. The number of pyridine rings is 2. The second-order valence-corrected chi connectivity index (χ2v) is 8.06. The molecule has 2 aromatic heterocycles. The van der Waals surface area contributed by atoms with Gasteiger partial charge in [0.2, 0.25) is 5.91 Å². The van der Waals surface area contributed by atoms with Crippen LogP contribution in [0.1, 0.15) is 17.5 Å². The SMILES string of the molecule is C#CCNC(=O)C1(Cc2ccccc2-c2cccnc2)CCN(Cc2ccncc2)C1. The first kappa shape index (κ1) is 20.8. The molecule has 3 heterocycles. The van der Waals surface area contributed by atoms with Crippen LogP contribution < -0.4 is 5.32 Å². The Balaban J connectivity index is 1.61. The molecule has 0 spiro atoms. The summed E-state index contributed by atoms with van der Waals surface area (Å²) in [5.41, 5.74) is 4.00. The van der Waals surface area contributed by atoms with E-state index in [0.29, 0.717) is 13.0 Å². The molecule has 1 unspecified atom stereocenters. The summed E-state index contributed by atoms with van der Waals surface area (Å²) >= 11 is 0. The van der Waals surface area contributed by atoms with Gasteiger partial charge in [0.25, 0.3) is 0 Å². The number of terminal acetylenes is 1. The second-order valence-electron chi connectivity index (χ2n) is 8.06. The van der Waals surface area contributed by atoms with Crippen LogP contribution in [0.15, 0.2) is 73.3 Å². The summed E-state index contributed by atoms with van der Waals surface area (Å²) in [4.78, 5) is 24.0. The van der Waals surface area contributed by atoms with Gasteiger partial charge in [-0.1, -0.05) is 36.3 Å². The van der Waals surface area contributed by atoms with Crippen molar-refractivity contribution in [3.05, 3.63) is 84.4 Å². The molecule has 0 bridgehead atoms. The van der Waals surface area contributed by atoms with Crippen LogP contribution in [-0.4, -0.2) is 40.4 Å². The lowest BCUT2D eigenvalue weighted by Gasteiger charge is -2.29. The number of hydrogen-bond donors (Lipinski definition) is 1. The second kappa shape index (κ2) is 9.55. The van der Waals surface area contributed by atoms with Crippen molar-refractivity contribution in [2.45, 2.75) is 19.4 Å². The molecular weight excluding hydrogens is 384 g/mol. The van der Waals surface area contributed by atoms with Crippen molar-refractivity contribution in [1.82, 2.24) is 20.2 Å². The maximum atomic E-state index is 13.3. The largest absolute Gasteiger partial charge is 0.345 e. The van der Waals surface area contributed by atoms with E-state index in [1.54, 1.807) is 6.20 Å². The van der Waals surface area contributed by atoms with Crippen LogP contribution in [0, 0.1) is 17.8 Å². The van der Waals surface area contributed by atoms with Gasteiger partial charge in [0, 0.05) is 43.4 Å². The fourth-order valence-corrected chi connectivity index (χ4v) is 4.41. The molecule has 1 aromatic carbocycles. The van der Waals surface area contributed by atoms with Crippen molar-refractivity contribution >= 4 is 5.91 Å². The molecule has 156 valence electrons. The Morgan fingerprint density at radius 1 is 1.10 bits per heavy atom. The summed E-state index contributed by atoms with van der Waals surface area (Å²) < 4.78 is 0. The zero-order valence-corrected chi connectivity index (χ0v) is 17.5. The third-order valence-corrected chi connectivity index (χ3v) is 5.94. The van der Waals surface area contributed by atoms with E-state index in [1.165, 1.54) is 5.56 Å². The van der Waals surface area contributed by atoms with Gasteiger partial charge < -0.3 is 5.32 Å². The van der Waals surface area contributed by atoms with E-state index in [4.69, 9.17) is 6.42 Å². The standard InChI is InChI=1S/C26H26N4O/c1-2-12-29-25(31)26(11-16-30(20-26)19-21-9-14-27-15-10-21)17-22-6-3-4-8-24(22)23-7-5-13-28-18-23/h1,3-10,13-15,18H,11-12,16-17,19-20H2,(H,29,31). The van der Waals surface area contributed by atoms with Crippen LogP contribution in [-0.2, 0) is 17.8 Å². The number of nitrogens with zero attached hydrogens (tertiary/aromatic N) is 3. The quantitative estimate of drug-likeness (QED) is 0.607. The molecule has 0 saturated carbocycles. The molecule has 0 aliphatic carbocycles. The van der Waals surface area contributed by atoms with Gasteiger partial charge in [0.15, 0.2) is 0 Å². The van der Waals surface area contributed by atoms with Crippen LogP contribution in [0.25, 0.3) is 11.1 Å². The number of benzene rings is 1. The average molecular weight is 411 g/mol. The molecule has 1 amide bonds. The minimum atomic E-state index is -0.526. The summed E-state index contributed by atoms with van der Waals surface area (Å²) in [7, 11) is 0. The van der Waals surface area contributed by atoms with Gasteiger partial charge in [-0.05, 0) is 54.3 Å². The molecule has 4 rings (SSSR count). The number of amides is 1. The van der Waals surface area contributed by atoms with E-state index < -0.39 is 5.41 Å². The first-order valence-corrected chi connectivity index (χ1v) is 10.5. The summed E-state index contributed by atoms with van der Waals surface area (Å²) in [5, 5.41) is 2.95. The van der Waals surface area contributed by atoms with Crippen molar-refractivity contribution in [3.8, 4) is 23.5 Å². The smallest absolute Gasteiger partial charge is 0.228 e. The zero-order chi connectivity index (χ0) is 21.5. The van der Waals surface area contributed by atoms with Crippen molar-refractivity contribution < 1.29 is 4.79 Å². The van der Waals surface area contributed by atoms with E-state index in [9.17, 15) is 4.79 Å². The molecule has 3 aromatic rings. The maximum Gasteiger partial charge on any atom is 0.228 e. The highest BCUT2D eigenvalue weighted by atomic mass is 16.2. The molecule has 0 radical (unpaired) electrons. The fraction of sp³-hybridized carbons (Fsp3) is 0.269. The van der Waals surface area contributed by atoms with Gasteiger partial charge >= 0.3 is 0 Å². The van der Waals surface area contributed by atoms with Gasteiger partial charge in [-0.25, -0.2) is 0 Å². The highest BCUT2D eigenvalue weighted by Crippen LogP contribution is 2.38. The molecule has 5 nitrogen and oxygen atoms in total. The monoisotopic (exact) mass is 410 g/mol. The van der Waals surface area contributed by atoms with Crippen molar-refractivity contribution in [2.24, 2.45) is 5.41 Å². The Morgan fingerprint density at radius 3 is 2.71 bits per heavy atom. The molecular formula is C26H26N4O. The lowest BCUT2D eigenvalue weighted by atomic mass is 9.78. The first-order valence-electron chi connectivity index (χ1n) is 10.5. The molecule has 1 aliphatic heterocycles. The number of likely N-dealkylation sites (tertiary alicyclic amines) is 1. The van der Waals surface area contributed by atoms with Crippen molar-refractivity contribution in [1.29, 1.82) is 0 Å². The van der Waals surface area contributed by atoms with E-state index in [2.05, 4.69) is 44.3 Å². The van der Waals surface area contributed by atoms with E-state index in [-0.39, 0.29) is 12.5 Å². The minimum absolute atomic E-state index is 0.0312. The molecule has 1 fully saturated rings. The van der Waals surface area contributed by atoms with Gasteiger partial charge in [-0.15, -0.1) is 6.42 Å². The highest BCUT2D eigenvalue weighted by molar-refractivity contribution is 5.84. The summed E-state index contributed by atoms with van der Waals surface area (Å²) in [6.07, 6.45) is 14.1. The molecule has 1 aliphatic rings. The summed E-state index contributed by atoms with van der Waals surface area (Å²) in [6, 6.07) is 16.3. The van der Waals surface area contributed by atoms with Gasteiger partial charge in [0.05, 0.1) is 12.0 Å². The Hall–Kier alpha value is -3.49. The molecule has 31 heavy (non-hydrogen) atoms. The Morgan fingerprint density at radius 2 is 1.94 bits per heavy atom. The third kappa shape index (κ3) is 4.82. The average Bonchev–Trinajstić information content (AvgIpc) is 3.22. The molecule has 5 heteroatoms. The van der Waals surface area contributed by atoms with E-state index in [0.717, 1.165) is 36.2 Å². The van der Waals surface area contributed by atoms with Gasteiger partial charge in [-0.3, -0.25) is 19.7 Å². The van der Waals surface area contributed by atoms with Crippen LogP contribution in [0.2, 0.25) is 0 Å². The van der Waals surface area contributed by atoms with Crippen LogP contribution in [0.3, 0.4) is 0 Å². The fourth-order valence-electron chi connectivity index (χ4n) is 4.41. The predicted octanol–water partition coefficient (Wildman–Crippen LogP) is 3.33. The van der Waals surface area contributed by atoms with Crippen LogP contribution in [0.4, 0.5) is 0 Å². The maximum absolute atomic E-state index is 13.3. The van der Waals surface area contributed by atoms with E-state index in [1.807, 2.05) is 48.9 Å². The number of carbonyl (C=O) groups excluding carboxylic acids is 1. The first-order chi connectivity index (χ1) is 15.2. The van der Waals surface area contributed by atoms with Gasteiger partial charge in [-0.2, -0.15) is 0 Å². The summed E-state index contributed by atoms with van der Waals surface area (Å²) in [5.74, 6) is 2.56. The lowest BCUT2D eigenvalue weighted by molar-refractivity contribution is -0.130. The zero-order valence-electron chi connectivity index (χ0n) is 17.5. The highest BCUT2D eigenvalue weighted by Gasteiger charge is 2.44. The Bertz CT molecular complexity index is 1060. The number of carbonyl (C=O) groups is 1. The topological polar surface area (TPSA) is 58.1 Å². The summed E-state index contributed by atoms with van der Waals surface area (Å²) in [6.45, 7) is 2.60. The Labute approximate surface area is 183 Å². The molecule has 1 atom stereocenters. The van der Waals surface area contributed by atoms with Crippen LogP contribution >= 0.6 is 0 Å². The minimum Gasteiger partial charge on any atom is -0.345 e. The lowest BCUT2D eigenvalue weighted by Crippen LogP contribution is -2.44. The Kier molecular flexibility index (Phi) is 6.40. The van der Waals surface area contributed by atoms with Gasteiger partial charge in [0.1, 0.15) is 0 Å². The van der Waals surface area contributed by atoms with Crippen molar-refractivity contribution in [3.63, 3.8) is 0 Å².